The number of hydrogen-bond donors (Lipinski definition) is 1. The third-order valence-electron chi connectivity index (χ3n) is 5.07. The van der Waals surface area contributed by atoms with Gasteiger partial charge >= 0.3 is 0 Å². The Balaban J connectivity index is 1.76. The van der Waals surface area contributed by atoms with Gasteiger partial charge in [0.2, 0.25) is 10.0 Å². The van der Waals surface area contributed by atoms with Crippen molar-refractivity contribution in [2.75, 3.05) is 24.2 Å². The van der Waals surface area contributed by atoms with Crippen LogP contribution in [0.15, 0.2) is 53.6 Å². The highest BCUT2D eigenvalue weighted by atomic mass is 35.5. The topological polar surface area (TPSA) is 93.0 Å². The first-order chi connectivity index (χ1) is 16.0. The summed E-state index contributed by atoms with van der Waals surface area (Å²) in [6, 6.07) is 13.9. The molecule has 11 heteroatoms. The summed E-state index contributed by atoms with van der Waals surface area (Å²) in [6.45, 7) is 3.38. The third kappa shape index (κ3) is 5.72. The van der Waals surface area contributed by atoms with E-state index >= 15 is 0 Å². The van der Waals surface area contributed by atoms with Crippen molar-refractivity contribution < 1.29 is 17.9 Å². The zero-order valence-corrected chi connectivity index (χ0v) is 21.4. The Bertz CT molecular complexity index is 1350. The SMILES string of the molecule is COc1ccc(N(CC(=O)N/N=C\c2cc(C)n(-c3ccccc3Cl)c2C)S(C)(=O)=O)cc1Cl. The number of hydrazone groups is 1. The van der Waals surface area contributed by atoms with Gasteiger partial charge in [0.05, 0.1) is 41.0 Å². The molecule has 1 heterocycles. The van der Waals surface area contributed by atoms with Crippen LogP contribution in [0.25, 0.3) is 5.69 Å². The van der Waals surface area contributed by atoms with Crippen LogP contribution < -0.4 is 14.5 Å². The van der Waals surface area contributed by atoms with Gasteiger partial charge in [0, 0.05) is 17.0 Å². The summed E-state index contributed by atoms with van der Waals surface area (Å²) in [4.78, 5) is 12.5. The van der Waals surface area contributed by atoms with Crippen LogP contribution in [0.1, 0.15) is 17.0 Å². The van der Waals surface area contributed by atoms with E-state index in [-0.39, 0.29) is 10.7 Å². The van der Waals surface area contributed by atoms with Crippen LogP contribution in [-0.2, 0) is 14.8 Å². The van der Waals surface area contributed by atoms with E-state index < -0.39 is 22.5 Å². The number of carbonyl (C=O) groups excluding carboxylic acids is 1. The first kappa shape index (κ1) is 25.6. The molecule has 2 aromatic carbocycles. The molecular weight excluding hydrogens is 499 g/mol. The zero-order valence-electron chi connectivity index (χ0n) is 19.0. The second-order valence-electron chi connectivity index (χ2n) is 7.49. The number of para-hydroxylation sites is 1. The lowest BCUT2D eigenvalue weighted by atomic mass is 10.2. The van der Waals surface area contributed by atoms with Crippen LogP contribution in [0.4, 0.5) is 5.69 Å². The van der Waals surface area contributed by atoms with E-state index in [1.165, 1.54) is 31.5 Å². The summed E-state index contributed by atoms with van der Waals surface area (Å²) in [5.74, 6) is -0.226. The number of nitrogens with zero attached hydrogens (tertiary/aromatic N) is 3. The fourth-order valence-electron chi connectivity index (χ4n) is 3.47. The summed E-state index contributed by atoms with van der Waals surface area (Å²) >= 11 is 12.5. The third-order valence-corrected chi connectivity index (χ3v) is 6.82. The fourth-order valence-corrected chi connectivity index (χ4v) is 4.79. The zero-order chi connectivity index (χ0) is 25.0. The molecule has 0 atom stereocenters. The molecule has 0 aliphatic carbocycles. The van der Waals surface area contributed by atoms with Crippen LogP contribution in [0.2, 0.25) is 10.0 Å². The van der Waals surface area contributed by atoms with Gasteiger partial charge in [0.25, 0.3) is 5.91 Å². The van der Waals surface area contributed by atoms with Gasteiger partial charge in [-0.2, -0.15) is 5.10 Å². The number of nitrogens with one attached hydrogen (secondary N) is 1. The highest BCUT2D eigenvalue weighted by Crippen LogP contribution is 2.30. The molecule has 8 nitrogen and oxygen atoms in total. The fraction of sp³-hybridized carbons (Fsp3) is 0.217. The van der Waals surface area contributed by atoms with Crippen LogP contribution in [-0.4, -0.2) is 45.0 Å². The lowest BCUT2D eigenvalue weighted by Gasteiger charge is -2.21. The van der Waals surface area contributed by atoms with Gasteiger partial charge in [-0.3, -0.25) is 9.10 Å². The first-order valence-electron chi connectivity index (χ1n) is 10.1. The van der Waals surface area contributed by atoms with Crippen LogP contribution in [0.3, 0.4) is 0 Å². The van der Waals surface area contributed by atoms with E-state index in [9.17, 15) is 13.2 Å². The van der Waals surface area contributed by atoms with Gasteiger partial charge in [-0.1, -0.05) is 35.3 Å². The summed E-state index contributed by atoms with van der Waals surface area (Å²) in [5, 5.41) is 4.84. The highest BCUT2D eigenvalue weighted by molar-refractivity contribution is 7.92. The number of benzene rings is 2. The number of hydrogen-bond acceptors (Lipinski definition) is 5. The van der Waals surface area contributed by atoms with Crippen LogP contribution >= 0.6 is 23.2 Å². The number of aromatic nitrogens is 1. The van der Waals surface area contributed by atoms with E-state index in [1.807, 2.05) is 48.7 Å². The molecule has 34 heavy (non-hydrogen) atoms. The highest BCUT2D eigenvalue weighted by Gasteiger charge is 2.22. The molecule has 0 saturated carbocycles. The largest absolute Gasteiger partial charge is 0.495 e. The number of carbonyl (C=O) groups is 1. The normalized spacial score (nSPS) is 11.6. The predicted octanol–water partition coefficient (Wildman–Crippen LogP) is 4.33. The number of rotatable bonds is 8. The summed E-state index contributed by atoms with van der Waals surface area (Å²) in [5.41, 5.74) is 6.05. The molecule has 1 aromatic heterocycles. The second kappa shape index (κ2) is 10.5. The number of amides is 1. The molecule has 3 aromatic rings. The Kier molecular flexibility index (Phi) is 7.91. The minimum atomic E-state index is -3.76. The van der Waals surface area contributed by atoms with Gasteiger partial charge < -0.3 is 9.30 Å². The molecule has 0 spiro atoms. The molecule has 0 saturated heterocycles. The first-order valence-corrected chi connectivity index (χ1v) is 12.7. The number of aryl methyl sites for hydroxylation is 1. The van der Waals surface area contributed by atoms with Crippen molar-refractivity contribution in [3.8, 4) is 11.4 Å². The van der Waals surface area contributed by atoms with Crippen molar-refractivity contribution in [2.24, 2.45) is 5.10 Å². The molecule has 0 unspecified atom stereocenters. The Labute approximate surface area is 208 Å². The van der Waals surface area contributed by atoms with Crippen molar-refractivity contribution in [1.29, 1.82) is 0 Å². The molecule has 0 radical (unpaired) electrons. The monoisotopic (exact) mass is 522 g/mol. The number of halogens is 2. The lowest BCUT2D eigenvalue weighted by Crippen LogP contribution is -2.39. The van der Waals surface area contributed by atoms with Gasteiger partial charge in [-0.25, -0.2) is 13.8 Å². The molecule has 1 amide bonds. The van der Waals surface area contributed by atoms with Crippen molar-refractivity contribution in [3.63, 3.8) is 0 Å². The summed E-state index contributed by atoms with van der Waals surface area (Å²) in [7, 11) is -2.31. The molecule has 1 N–H and O–H groups in total. The number of sulfonamides is 1. The average molecular weight is 523 g/mol. The van der Waals surface area contributed by atoms with E-state index in [0.29, 0.717) is 10.8 Å². The molecule has 180 valence electrons. The standard InChI is InChI=1S/C23H24Cl2N4O4S/c1-15-11-17(16(2)29(15)21-8-6-5-7-19(21)24)13-26-27-23(30)14-28(34(4,31)32)18-9-10-22(33-3)20(25)12-18/h5-13H,14H2,1-4H3,(H,27,30)/b26-13-. The Morgan fingerprint density at radius 2 is 1.85 bits per heavy atom. The smallest absolute Gasteiger partial charge is 0.260 e. The lowest BCUT2D eigenvalue weighted by molar-refractivity contribution is -0.119. The molecule has 3 rings (SSSR count). The number of ether oxygens (including phenoxy) is 1. The molecule has 0 aliphatic rings. The van der Waals surface area contributed by atoms with Crippen LogP contribution in [0.5, 0.6) is 5.75 Å². The van der Waals surface area contributed by atoms with Crippen molar-refractivity contribution in [3.05, 3.63) is 75.5 Å². The average Bonchev–Trinajstić information content (AvgIpc) is 3.04. The molecular formula is C23H24Cl2N4O4S. The second-order valence-corrected chi connectivity index (χ2v) is 10.2. The Hall–Kier alpha value is -3.01. The van der Waals surface area contributed by atoms with Crippen LogP contribution in [0, 0.1) is 13.8 Å². The maximum atomic E-state index is 12.5. The Morgan fingerprint density at radius 1 is 1.15 bits per heavy atom. The summed E-state index contributed by atoms with van der Waals surface area (Å²) < 4.78 is 32.6. The molecule has 0 bridgehead atoms. The van der Waals surface area contributed by atoms with Crippen molar-refractivity contribution in [2.45, 2.75) is 13.8 Å². The summed E-state index contributed by atoms with van der Waals surface area (Å²) in [6.07, 6.45) is 2.51. The van der Waals surface area contributed by atoms with Gasteiger partial charge in [-0.05, 0) is 50.2 Å². The van der Waals surface area contributed by atoms with E-state index in [0.717, 1.165) is 33.2 Å². The predicted molar refractivity (Wildman–Crippen MR) is 136 cm³/mol. The van der Waals surface area contributed by atoms with Gasteiger partial charge in [0.1, 0.15) is 12.3 Å². The van der Waals surface area contributed by atoms with E-state index in [1.54, 1.807) is 0 Å². The van der Waals surface area contributed by atoms with Gasteiger partial charge in [0.15, 0.2) is 0 Å². The molecule has 0 fully saturated rings. The maximum Gasteiger partial charge on any atom is 0.260 e. The van der Waals surface area contributed by atoms with Gasteiger partial charge in [-0.15, -0.1) is 0 Å². The van der Waals surface area contributed by atoms with Crippen molar-refractivity contribution in [1.82, 2.24) is 9.99 Å². The molecule has 0 aliphatic heterocycles. The Morgan fingerprint density at radius 3 is 2.47 bits per heavy atom. The quantitative estimate of drug-likeness (QED) is 0.352. The number of methoxy groups -OCH3 is 1. The van der Waals surface area contributed by atoms with E-state index in [2.05, 4.69) is 10.5 Å². The van der Waals surface area contributed by atoms with Crippen molar-refractivity contribution >= 4 is 51.0 Å². The minimum Gasteiger partial charge on any atom is -0.495 e. The minimum absolute atomic E-state index is 0.223. The van der Waals surface area contributed by atoms with E-state index in [4.69, 9.17) is 27.9 Å². The maximum absolute atomic E-state index is 12.5. The number of anilines is 1.